The molecule has 0 unspecified atom stereocenters. The van der Waals surface area contributed by atoms with Gasteiger partial charge >= 0.3 is 5.97 Å². The van der Waals surface area contributed by atoms with Gasteiger partial charge in [0.1, 0.15) is 5.69 Å². The molecule has 0 spiro atoms. The number of rotatable bonds is 5. The Balaban J connectivity index is 1.62. The predicted molar refractivity (Wildman–Crippen MR) is 118 cm³/mol. The first-order valence-corrected chi connectivity index (χ1v) is 10.7. The third-order valence-electron chi connectivity index (χ3n) is 5.85. The van der Waals surface area contributed by atoms with E-state index in [0.717, 1.165) is 22.2 Å². The van der Waals surface area contributed by atoms with Crippen LogP contribution in [0.2, 0.25) is 0 Å². The zero-order valence-corrected chi connectivity index (χ0v) is 17.8. The summed E-state index contributed by atoms with van der Waals surface area (Å²) in [6.07, 6.45) is 2.83. The van der Waals surface area contributed by atoms with Crippen LogP contribution in [-0.2, 0) is 14.3 Å². The maximum Gasteiger partial charge on any atom is 0.309 e. The number of likely N-dealkylation sites (tertiary alicyclic amines) is 1. The molecule has 1 aliphatic rings. The molecule has 0 N–H and O–H groups in total. The van der Waals surface area contributed by atoms with E-state index in [1.807, 2.05) is 55.5 Å². The number of Topliss-reactive ketones (excluding diaryl/α,β-unsaturated/α-hetero) is 1. The highest BCUT2D eigenvalue weighted by atomic mass is 16.5. The van der Waals surface area contributed by atoms with Crippen molar-refractivity contribution in [3.05, 3.63) is 66.0 Å². The summed E-state index contributed by atoms with van der Waals surface area (Å²) in [6, 6.07) is 15.5. The molecular weight excluding hydrogens is 392 g/mol. The summed E-state index contributed by atoms with van der Waals surface area (Å²) >= 11 is 0. The fourth-order valence-electron chi connectivity index (χ4n) is 4.13. The smallest absolute Gasteiger partial charge is 0.309 e. The lowest BCUT2D eigenvalue weighted by Crippen LogP contribution is -2.44. The Morgan fingerprint density at radius 3 is 2.42 bits per heavy atom. The van der Waals surface area contributed by atoms with Crippen molar-refractivity contribution in [3.63, 3.8) is 0 Å². The van der Waals surface area contributed by atoms with Crippen molar-refractivity contribution < 1.29 is 19.1 Å². The number of fused-ring (bicyclic) bond motifs is 1. The van der Waals surface area contributed by atoms with Crippen LogP contribution in [0.4, 0.5) is 0 Å². The molecule has 2 aromatic heterocycles. The molecule has 1 aromatic carbocycles. The van der Waals surface area contributed by atoms with Gasteiger partial charge in [-0.15, -0.1) is 0 Å². The molecule has 0 atom stereocenters. The SMILES string of the molecule is CCOC(=O)C1CCN(C(=O)C(=O)c2c(-c3ccc(C)cc3)cc3ccccn23)CC1. The quantitative estimate of drug-likeness (QED) is 0.358. The first kappa shape index (κ1) is 20.8. The second-order valence-corrected chi connectivity index (χ2v) is 7.92. The number of aromatic nitrogens is 1. The highest BCUT2D eigenvalue weighted by Crippen LogP contribution is 2.29. The zero-order valence-electron chi connectivity index (χ0n) is 17.8. The first-order valence-electron chi connectivity index (χ1n) is 10.7. The van der Waals surface area contributed by atoms with Gasteiger partial charge in [-0.25, -0.2) is 0 Å². The number of esters is 1. The summed E-state index contributed by atoms with van der Waals surface area (Å²) in [5, 5.41) is 0. The molecule has 6 nitrogen and oxygen atoms in total. The summed E-state index contributed by atoms with van der Waals surface area (Å²) < 4.78 is 6.87. The molecule has 0 bridgehead atoms. The van der Waals surface area contributed by atoms with Crippen molar-refractivity contribution in [1.82, 2.24) is 9.30 Å². The Morgan fingerprint density at radius 2 is 1.74 bits per heavy atom. The van der Waals surface area contributed by atoms with E-state index in [2.05, 4.69) is 0 Å². The molecule has 160 valence electrons. The third-order valence-corrected chi connectivity index (χ3v) is 5.85. The number of hydrogen-bond donors (Lipinski definition) is 0. The standard InChI is InChI=1S/C25H26N2O4/c1-3-31-25(30)19-11-14-26(15-12-19)24(29)23(28)22-21(18-9-7-17(2)8-10-18)16-20-6-4-5-13-27(20)22/h4-10,13,16,19H,3,11-12,14-15H2,1-2H3. The van der Waals surface area contributed by atoms with E-state index in [9.17, 15) is 14.4 Å². The van der Waals surface area contributed by atoms with Gasteiger partial charge in [0.2, 0.25) is 0 Å². The second kappa shape index (κ2) is 8.76. The van der Waals surface area contributed by atoms with Gasteiger partial charge in [-0.1, -0.05) is 35.9 Å². The Bertz CT molecular complexity index is 1120. The normalized spacial score (nSPS) is 14.6. The Hall–Kier alpha value is -3.41. The van der Waals surface area contributed by atoms with Gasteiger partial charge in [-0.3, -0.25) is 14.4 Å². The summed E-state index contributed by atoms with van der Waals surface area (Å²) in [5.41, 5.74) is 3.99. The third kappa shape index (κ3) is 4.10. The van der Waals surface area contributed by atoms with Crippen LogP contribution in [0.25, 0.3) is 16.6 Å². The van der Waals surface area contributed by atoms with E-state index in [1.54, 1.807) is 22.4 Å². The van der Waals surface area contributed by atoms with Gasteiger partial charge in [-0.2, -0.15) is 0 Å². The first-order chi connectivity index (χ1) is 15.0. The Kier molecular flexibility index (Phi) is 5.89. The number of benzene rings is 1. The number of ketones is 1. The van der Waals surface area contributed by atoms with Crippen molar-refractivity contribution in [1.29, 1.82) is 0 Å². The van der Waals surface area contributed by atoms with Crippen LogP contribution in [0.3, 0.4) is 0 Å². The van der Waals surface area contributed by atoms with Crippen molar-refractivity contribution >= 4 is 23.2 Å². The maximum atomic E-state index is 13.4. The van der Waals surface area contributed by atoms with E-state index in [1.165, 1.54) is 0 Å². The van der Waals surface area contributed by atoms with E-state index in [-0.39, 0.29) is 11.9 Å². The Morgan fingerprint density at radius 1 is 1.03 bits per heavy atom. The molecule has 0 radical (unpaired) electrons. The average molecular weight is 418 g/mol. The lowest BCUT2D eigenvalue weighted by Gasteiger charge is -2.30. The number of ether oxygens (including phenoxy) is 1. The van der Waals surface area contributed by atoms with Gasteiger partial charge in [0.15, 0.2) is 0 Å². The van der Waals surface area contributed by atoms with Crippen LogP contribution in [0.15, 0.2) is 54.7 Å². The van der Waals surface area contributed by atoms with Crippen molar-refractivity contribution in [2.45, 2.75) is 26.7 Å². The van der Waals surface area contributed by atoms with Crippen LogP contribution in [-0.4, -0.2) is 46.7 Å². The highest BCUT2D eigenvalue weighted by Gasteiger charge is 2.33. The number of piperidine rings is 1. The monoisotopic (exact) mass is 418 g/mol. The van der Waals surface area contributed by atoms with Crippen LogP contribution in [0.1, 0.15) is 35.8 Å². The molecule has 6 heteroatoms. The van der Waals surface area contributed by atoms with E-state index < -0.39 is 11.7 Å². The lowest BCUT2D eigenvalue weighted by molar-refractivity contribution is -0.150. The van der Waals surface area contributed by atoms with Gasteiger partial charge in [0.05, 0.1) is 12.5 Å². The van der Waals surface area contributed by atoms with Crippen molar-refractivity contribution in [2.24, 2.45) is 5.92 Å². The number of hydrogen-bond acceptors (Lipinski definition) is 4. The molecule has 1 amide bonds. The number of carbonyl (C=O) groups is 3. The van der Waals surface area contributed by atoms with Crippen LogP contribution < -0.4 is 0 Å². The highest BCUT2D eigenvalue weighted by molar-refractivity contribution is 6.43. The van der Waals surface area contributed by atoms with Crippen LogP contribution in [0, 0.1) is 12.8 Å². The van der Waals surface area contributed by atoms with E-state index >= 15 is 0 Å². The van der Waals surface area contributed by atoms with Gasteiger partial charge in [0.25, 0.3) is 11.7 Å². The summed E-state index contributed by atoms with van der Waals surface area (Å²) in [4.78, 5) is 40.0. The van der Waals surface area contributed by atoms with Crippen molar-refractivity contribution in [3.8, 4) is 11.1 Å². The number of carbonyl (C=O) groups excluding carboxylic acids is 3. The molecule has 4 rings (SSSR count). The lowest BCUT2D eigenvalue weighted by atomic mass is 9.96. The molecular formula is C25H26N2O4. The summed E-state index contributed by atoms with van der Waals surface area (Å²) in [5.74, 6) is -1.49. The molecule has 3 aromatic rings. The number of nitrogens with zero attached hydrogens (tertiary/aromatic N) is 2. The molecule has 31 heavy (non-hydrogen) atoms. The summed E-state index contributed by atoms with van der Waals surface area (Å²) in [6.45, 7) is 4.88. The fraction of sp³-hybridized carbons (Fsp3) is 0.320. The Labute approximate surface area is 181 Å². The van der Waals surface area contributed by atoms with E-state index in [0.29, 0.717) is 38.2 Å². The predicted octanol–water partition coefficient (Wildman–Crippen LogP) is 3.90. The molecule has 1 saturated heterocycles. The van der Waals surface area contributed by atoms with Gasteiger partial charge < -0.3 is 14.0 Å². The molecule has 3 heterocycles. The number of aryl methyl sites for hydroxylation is 1. The van der Waals surface area contributed by atoms with Crippen LogP contribution in [0.5, 0.6) is 0 Å². The average Bonchev–Trinajstić information content (AvgIpc) is 3.18. The topological polar surface area (TPSA) is 68.1 Å². The maximum absolute atomic E-state index is 13.4. The summed E-state index contributed by atoms with van der Waals surface area (Å²) in [7, 11) is 0. The minimum absolute atomic E-state index is 0.212. The fourth-order valence-corrected chi connectivity index (χ4v) is 4.13. The number of amides is 1. The minimum atomic E-state index is -0.531. The second-order valence-electron chi connectivity index (χ2n) is 7.92. The van der Waals surface area contributed by atoms with Crippen LogP contribution >= 0.6 is 0 Å². The molecule has 1 aliphatic heterocycles. The van der Waals surface area contributed by atoms with Gasteiger partial charge in [0, 0.05) is 30.4 Å². The molecule has 0 saturated carbocycles. The zero-order chi connectivity index (χ0) is 22.0. The molecule has 1 fully saturated rings. The number of pyridine rings is 1. The molecule has 0 aliphatic carbocycles. The largest absolute Gasteiger partial charge is 0.466 e. The van der Waals surface area contributed by atoms with Gasteiger partial charge in [-0.05, 0) is 50.5 Å². The van der Waals surface area contributed by atoms with E-state index in [4.69, 9.17) is 4.74 Å². The minimum Gasteiger partial charge on any atom is -0.466 e. The van der Waals surface area contributed by atoms with Crippen molar-refractivity contribution in [2.75, 3.05) is 19.7 Å².